The maximum absolute atomic E-state index is 6.15. The molecule has 1 rings (SSSR count). The zero-order valence-corrected chi connectivity index (χ0v) is 14.5. The van der Waals surface area contributed by atoms with Gasteiger partial charge in [0.2, 0.25) is 0 Å². The van der Waals surface area contributed by atoms with Gasteiger partial charge in [-0.1, -0.05) is 45.2 Å². The molecular formula is C19H33NO. The summed E-state index contributed by atoms with van der Waals surface area (Å²) in [6.07, 6.45) is 5.96. The van der Waals surface area contributed by atoms with Crippen LogP contribution in [0.5, 0.6) is 5.75 Å². The van der Waals surface area contributed by atoms with Crippen LogP contribution >= 0.6 is 0 Å². The van der Waals surface area contributed by atoms with E-state index in [0.29, 0.717) is 5.92 Å². The minimum Gasteiger partial charge on any atom is -0.493 e. The van der Waals surface area contributed by atoms with Gasteiger partial charge < -0.3 is 10.5 Å². The van der Waals surface area contributed by atoms with Crippen LogP contribution in [0.4, 0.5) is 0 Å². The van der Waals surface area contributed by atoms with Gasteiger partial charge in [-0.05, 0) is 56.2 Å². The molecule has 0 saturated heterocycles. The Morgan fingerprint density at radius 3 is 2.24 bits per heavy atom. The predicted octanol–water partition coefficient (Wildman–Crippen LogP) is 4.79. The zero-order chi connectivity index (χ0) is 15.8. The number of aryl methyl sites for hydroxylation is 2. The van der Waals surface area contributed by atoms with Crippen molar-refractivity contribution in [3.63, 3.8) is 0 Å². The molecule has 0 amide bonds. The highest BCUT2D eigenvalue weighted by molar-refractivity contribution is 5.43. The third-order valence-corrected chi connectivity index (χ3v) is 4.08. The molecule has 0 aliphatic carbocycles. The van der Waals surface area contributed by atoms with E-state index in [1.807, 2.05) is 0 Å². The van der Waals surface area contributed by atoms with Crippen LogP contribution in [-0.4, -0.2) is 12.6 Å². The maximum Gasteiger partial charge on any atom is 0.125 e. The highest BCUT2D eigenvalue weighted by Gasteiger charge is 2.11. The molecule has 120 valence electrons. The topological polar surface area (TPSA) is 35.2 Å². The first kappa shape index (κ1) is 18.0. The molecule has 1 aromatic carbocycles. The third-order valence-electron chi connectivity index (χ3n) is 4.08. The average molecular weight is 291 g/mol. The summed E-state index contributed by atoms with van der Waals surface area (Å²) in [4.78, 5) is 0. The molecule has 2 N–H and O–H groups in total. The second-order valence-electron chi connectivity index (χ2n) is 6.47. The average Bonchev–Trinajstić information content (AvgIpc) is 2.40. The summed E-state index contributed by atoms with van der Waals surface area (Å²) in [6.45, 7) is 11.7. The second-order valence-corrected chi connectivity index (χ2v) is 6.47. The zero-order valence-electron chi connectivity index (χ0n) is 14.5. The van der Waals surface area contributed by atoms with Crippen LogP contribution in [0, 0.1) is 19.8 Å². The first-order chi connectivity index (χ1) is 9.97. The van der Waals surface area contributed by atoms with Gasteiger partial charge in [0.25, 0.3) is 0 Å². The fourth-order valence-corrected chi connectivity index (χ4v) is 2.86. The number of rotatable bonds is 9. The Balaban J connectivity index is 2.70. The van der Waals surface area contributed by atoms with E-state index < -0.39 is 0 Å². The highest BCUT2D eigenvalue weighted by atomic mass is 16.5. The van der Waals surface area contributed by atoms with Gasteiger partial charge in [-0.3, -0.25) is 0 Å². The van der Waals surface area contributed by atoms with E-state index in [1.165, 1.54) is 42.4 Å². The normalized spacial score (nSPS) is 14.0. The van der Waals surface area contributed by atoms with E-state index in [-0.39, 0.29) is 6.04 Å². The van der Waals surface area contributed by atoms with Crippen molar-refractivity contribution >= 4 is 0 Å². The molecule has 2 unspecified atom stereocenters. The van der Waals surface area contributed by atoms with Crippen molar-refractivity contribution in [3.8, 4) is 5.75 Å². The van der Waals surface area contributed by atoms with Gasteiger partial charge in [-0.15, -0.1) is 0 Å². The molecular weight excluding hydrogens is 258 g/mol. The van der Waals surface area contributed by atoms with Crippen LogP contribution in [0.3, 0.4) is 0 Å². The molecule has 2 atom stereocenters. The molecule has 0 aliphatic heterocycles. The van der Waals surface area contributed by atoms with Crippen LogP contribution in [0.2, 0.25) is 0 Å². The first-order valence-electron chi connectivity index (χ1n) is 8.46. The Kier molecular flexibility index (Phi) is 7.81. The van der Waals surface area contributed by atoms with Crippen LogP contribution < -0.4 is 10.5 Å². The number of hydrogen-bond acceptors (Lipinski definition) is 2. The lowest BCUT2D eigenvalue weighted by Gasteiger charge is -2.19. The number of unbranched alkanes of at least 4 members (excludes halogenated alkanes) is 1. The van der Waals surface area contributed by atoms with Gasteiger partial charge >= 0.3 is 0 Å². The maximum atomic E-state index is 6.15. The van der Waals surface area contributed by atoms with Crippen molar-refractivity contribution in [2.24, 2.45) is 11.7 Å². The van der Waals surface area contributed by atoms with Gasteiger partial charge in [-0.2, -0.15) is 0 Å². The van der Waals surface area contributed by atoms with Crippen molar-refractivity contribution < 1.29 is 4.74 Å². The van der Waals surface area contributed by atoms with Gasteiger partial charge in [0.15, 0.2) is 0 Å². The fourth-order valence-electron chi connectivity index (χ4n) is 2.86. The number of ether oxygens (including phenoxy) is 1. The third kappa shape index (κ3) is 6.09. The van der Waals surface area contributed by atoms with Crippen molar-refractivity contribution in [1.82, 2.24) is 0 Å². The molecule has 1 aromatic rings. The molecule has 0 saturated carbocycles. The van der Waals surface area contributed by atoms with Crippen molar-refractivity contribution in [2.45, 2.75) is 72.8 Å². The summed E-state index contributed by atoms with van der Waals surface area (Å²) >= 11 is 0. The molecule has 0 fully saturated rings. The summed E-state index contributed by atoms with van der Waals surface area (Å²) in [5.74, 6) is 1.74. The lowest BCUT2D eigenvalue weighted by atomic mass is 9.99. The molecule has 0 bridgehead atoms. The largest absolute Gasteiger partial charge is 0.493 e. The van der Waals surface area contributed by atoms with Crippen LogP contribution in [0.1, 0.15) is 63.1 Å². The number of benzene rings is 1. The van der Waals surface area contributed by atoms with Crippen molar-refractivity contribution in [3.05, 3.63) is 28.8 Å². The quantitative estimate of drug-likeness (QED) is 0.710. The van der Waals surface area contributed by atoms with E-state index in [4.69, 9.17) is 10.5 Å². The molecule has 21 heavy (non-hydrogen) atoms. The van der Waals surface area contributed by atoms with Crippen LogP contribution in [0.15, 0.2) is 12.1 Å². The van der Waals surface area contributed by atoms with E-state index in [2.05, 4.69) is 46.8 Å². The predicted molar refractivity (Wildman–Crippen MR) is 92.1 cm³/mol. The van der Waals surface area contributed by atoms with E-state index in [1.54, 1.807) is 0 Å². The highest BCUT2D eigenvalue weighted by Crippen LogP contribution is 2.26. The molecule has 0 radical (unpaired) electrons. The van der Waals surface area contributed by atoms with Gasteiger partial charge in [-0.25, -0.2) is 0 Å². The molecule has 0 spiro atoms. The molecule has 2 nitrogen and oxygen atoms in total. The SMILES string of the molecule is CCCCC(CC)COc1c(C)cc(CC(C)N)cc1C. The monoisotopic (exact) mass is 291 g/mol. The fraction of sp³-hybridized carbons (Fsp3) is 0.684. The van der Waals surface area contributed by atoms with E-state index in [9.17, 15) is 0 Å². The summed E-state index contributed by atoms with van der Waals surface area (Å²) in [5.41, 5.74) is 9.67. The van der Waals surface area contributed by atoms with Crippen LogP contribution in [-0.2, 0) is 6.42 Å². The Morgan fingerprint density at radius 2 is 1.76 bits per heavy atom. The van der Waals surface area contributed by atoms with Gasteiger partial charge in [0, 0.05) is 6.04 Å². The Bertz CT molecular complexity index is 403. The molecule has 0 aliphatic rings. The van der Waals surface area contributed by atoms with E-state index >= 15 is 0 Å². The Labute approximate surface area is 131 Å². The minimum atomic E-state index is 0.203. The number of nitrogens with two attached hydrogens (primary N) is 1. The lowest BCUT2D eigenvalue weighted by molar-refractivity contribution is 0.231. The van der Waals surface area contributed by atoms with Gasteiger partial charge in [0.1, 0.15) is 5.75 Å². The van der Waals surface area contributed by atoms with Crippen LogP contribution in [0.25, 0.3) is 0 Å². The lowest BCUT2D eigenvalue weighted by Crippen LogP contribution is -2.18. The van der Waals surface area contributed by atoms with Crippen molar-refractivity contribution in [2.75, 3.05) is 6.61 Å². The Morgan fingerprint density at radius 1 is 1.14 bits per heavy atom. The van der Waals surface area contributed by atoms with Crippen molar-refractivity contribution in [1.29, 1.82) is 0 Å². The van der Waals surface area contributed by atoms with E-state index in [0.717, 1.165) is 18.8 Å². The summed E-state index contributed by atoms with van der Waals surface area (Å²) < 4.78 is 6.15. The Hall–Kier alpha value is -1.02. The number of hydrogen-bond donors (Lipinski definition) is 1. The smallest absolute Gasteiger partial charge is 0.125 e. The molecule has 2 heteroatoms. The van der Waals surface area contributed by atoms with Gasteiger partial charge in [0.05, 0.1) is 6.61 Å². The minimum absolute atomic E-state index is 0.203. The second kappa shape index (κ2) is 9.09. The standard InChI is InChI=1S/C19H33NO/c1-6-8-9-17(7-2)13-21-19-14(3)10-18(11-15(19)4)12-16(5)20/h10-11,16-17H,6-9,12-13,20H2,1-5H3. The molecule has 0 heterocycles. The first-order valence-corrected chi connectivity index (χ1v) is 8.46. The summed E-state index contributed by atoms with van der Waals surface area (Å²) in [7, 11) is 0. The summed E-state index contributed by atoms with van der Waals surface area (Å²) in [6, 6.07) is 4.64. The summed E-state index contributed by atoms with van der Waals surface area (Å²) in [5, 5.41) is 0. The molecule has 0 aromatic heterocycles.